The van der Waals surface area contributed by atoms with Gasteiger partial charge in [-0.25, -0.2) is 9.18 Å². The molecule has 3 fully saturated rings. The number of halogens is 2. The topological polar surface area (TPSA) is 64.7 Å². The minimum Gasteiger partial charge on any atom is -0.337 e. The zero-order chi connectivity index (χ0) is 16.7. The van der Waals surface area contributed by atoms with Gasteiger partial charge in [0.05, 0.1) is 5.56 Å². The molecule has 3 heterocycles. The van der Waals surface area contributed by atoms with Crippen LogP contribution in [-0.2, 0) is 0 Å². The summed E-state index contributed by atoms with van der Waals surface area (Å²) < 4.78 is 14.3. The van der Waals surface area contributed by atoms with Gasteiger partial charge in [-0.2, -0.15) is 0 Å². The Morgan fingerprint density at radius 2 is 1.96 bits per heavy atom. The quantitative estimate of drug-likeness (QED) is 0.835. The average Bonchev–Trinajstić information content (AvgIpc) is 3.13. The van der Waals surface area contributed by atoms with Gasteiger partial charge in [0.2, 0.25) is 0 Å². The number of urea groups is 1. The van der Waals surface area contributed by atoms with E-state index in [4.69, 9.17) is 0 Å². The van der Waals surface area contributed by atoms with E-state index in [0.29, 0.717) is 44.0 Å². The van der Waals surface area contributed by atoms with E-state index in [-0.39, 0.29) is 29.9 Å². The van der Waals surface area contributed by atoms with Crippen LogP contribution in [0.25, 0.3) is 0 Å². The maximum atomic E-state index is 14.3. The fourth-order valence-corrected chi connectivity index (χ4v) is 3.86. The third kappa shape index (κ3) is 3.43. The third-order valence-corrected chi connectivity index (χ3v) is 5.16. The summed E-state index contributed by atoms with van der Waals surface area (Å²) in [5.41, 5.74) is 0.606. The number of fused-ring (bicyclic) bond motifs is 2. The standard InChI is InChI=1S/C17H21FN4O2.ClH/c18-15-4-3-13(22-8-6-19-17(22)24)9-14(15)16(23)21-7-5-11-1-2-12(10-21)20-11;/h3-4,9,11-12,20H,1-2,5-8,10H2,(H,19,24);1H. The van der Waals surface area contributed by atoms with Gasteiger partial charge in [-0.1, -0.05) is 0 Å². The van der Waals surface area contributed by atoms with Crippen molar-refractivity contribution in [3.05, 3.63) is 29.6 Å². The van der Waals surface area contributed by atoms with E-state index >= 15 is 0 Å². The van der Waals surface area contributed by atoms with Gasteiger partial charge in [-0.05, 0) is 37.5 Å². The second-order valence-corrected chi connectivity index (χ2v) is 6.73. The van der Waals surface area contributed by atoms with Crippen LogP contribution in [0.1, 0.15) is 29.6 Å². The number of carbonyl (C=O) groups excluding carboxylic acids is 2. The van der Waals surface area contributed by atoms with Crippen LogP contribution in [-0.4, -0.2) is 55.1 Å². The number of nitrogens with zero attached hydrogens (tertiary/aromatic N) is 2. The van der Waals surface area contributed by atoms with Crippen LogP contribution < -0.4 is 15.5 Å². The van der Waals surface area contributed by atoms with Crippen LogP contribution in [0.5, 0.6) is 0 Å². The number of likely N-dealkylation sites (tertiary alicyclic amines) is 1. The van der Waals surface area contributed by atoms with Gasteiger partial charge in [-0.15, -0.1) is 12.4 Å². The molecule has 0 saturated carbocycles. The monoisotopic (exact) mass is 368 g/mol. The summed E-state index contributed by atoms with van der Waals surface area (Å²) in [5, 5.41) is 6.23. The molecule has 3 amide bonds. The Morgan fingerprint density at radius 3 is 2.72 bits per heavy atom. The maximum Gasteiger partial charge on any atom is 0.321 e. The van der Waals surface area contributed by atoms with E-state index in [1.54, 1.807) is 11.0 Å². The van der Waals surface area contributed by atoms with Crippen molar-refractivity contribution < 1.29 is 14.0 Å². The molecule has 2 bridgehead atoms. The molecule has 0 radical (unpaired) electrons. The van der Waals surface area contributed by atoms with E-state index in [2.05, 4.69) is 10.6 Å². The normalized spacial score (nSPS) is 25.4. The smallest absolute Gasteiger partial charge is 0.321 e. The third-order valence-electron chi connectivity index (χ3n) is 5.16. The zero-order valence-electron chi connectivity index (χ0n) is 13.8. The Hall–Kier alpha value is -1.86. The van der Waals surface area contributed by atoms with Crippen molar-refractivity contribution in [3.8, 4) is 0 Å². The Kier molecular flexibility index (Phi) is 5.15. The summed E-state index contributed by atoms with van der Waals surface area (Å²) in [7, 11) is 0. The largest absolute Gasteiger partial charge is 0.337 e. The summed E-state index contributed by atoms with van der Waals surface area (Å²) in [4.78, 5) is 27.9. The maximum absolute atomic E-state index is 14.3. The number of benzene rings is 1. The fraction of sp³-hybridized carbons (Fsp3) is 0.529. The van der Waals surface area contributed by atoms with Crippen LogP contribution in [0, 0.1) is 5.82 Å². The van der Waals surface area contributed by atoms with Crippen LogP contribution in [0.2, 0.25) is 0 Å². The number of nitrogens with one attached hydrogen (secondary N) is 2. The van der Waals surface area contributed by atoms with Gasteiger partial charge >= 0.3 is 6.03 Å². The second kappa shape index (κ2) is 7.17. The Bertz CT molecular complexity index is 687. The molecular formula is C17H22ClFN4O2. The Balaban J connectivity index is 0.00000182. The van der Waals surface area contributed by atoms with Crippen molar-refractivity contribution in [2.75, 3.05) is 31.1 Å². The molecule has 0 spiro atoms. The summed E-state index contributed by atoms with van der Waals surface area (Å²) in [6, 6.07) is 4.88. The lowest BCUT2D eigenvalue weighted by molar-refractivity contribution is 0.0743. The summed E-state index contributed by atoms with van der Waals surface area (Å²) >= 11 is 0. The SMILES string of the molecule is Cl.O=C(c1cc(N2CCNC2=O)ccc1F)N1CCC2CCC(C1)N2. The summed E-state index contributed by atoms with van der Waals surface area (Å²) in [6.45, 7) is 2.33. The molecular weight excluding hydrogens is 347 g/mol. The lowest BCUT2D eigenvalue weighted by atomic mass is 10.1. The number of rotatable bonds is 2. The van der Waals surface area contributed by atoms with E-state index in [1.165, 1.54) is 17.0 Å². The number of hydrogen-bond acceptors (Lipinski definition) is 3. The van der Waals surface area contributed by atoms with E-state index < -0.39 is 5.82 Å². The first-order valence-electron chi connectivity index (χ1n) is 8.52. The van der Waals surface area contributed by atoms with Gasteiger partial charge in [0.15, 0.2) is 0 Å². The van der Waals surface area contributed by atoms with E-state index in [9.17, 15) is 14.0 Å². The molecule has 2 atom stereocenters. The molecule has 3 aliphatic rings. The van der Waals surface area contributed by atoms with E-state index in [1.807, 2.05) is 0 Å². The van der Waals surface area contributed by atoms with Crippen LogP contribution in [0.15, 0.2) is 18.2 Å². The summed E-state index contributed by atoms with van der Waals surface area (Å²) in [6.07, 6.45) is 3.11. The molecule has 0 aliphatic carbocycles. The molecule has 1 aromatic rings. The van der Waals surface area contributed by atoms with Crippen molar-refractivity contribution in [1.82, 2.24) is 15.5 Å². The first kappa shape index (κ1) is 17.9. The number of amides is 3. The first-order valence-corrected chi connectivity index (χ1v) is 8.52. The molecule has 25 heavy (non-hydrogen) atoms. The second-order valence-electron chi connectivity index (χ2n) is 6.73. The molecule has 0 aromatic heterocycles. The molecule has 3 saturated heterocycles. The highest BCUT2D eigenvalue weighted by Gasteiger charge is 2.32. The van der Waals surface area contributed by atoms with Crippen molar-refractivity contribution in [2.45, 2.75) is 31.3 Å². The van der Waals surface area contributed by atoms with Crippen molar-refractivity contribution in [2.24, 2.45) is 0 Å². The minimum absolute atomic E-state index is 0. The average molecular weight is 369 g/mol. The lowest BCUT2D eigenvalue weighted by Crippen LogP contribution is -2.39. The minimum atomic E-state index is -0.536. The first-order chi connectivity index (χ1) is 11.6. The predicted octanol–water partition coefficient (Wildman–Crippen LogP) is 1.74. The van der Waals surface area contributed by atoms with Gasteiger partial charge in [0, 0.05) is 44.0 Å². The fourth-order valence-electron chi connectivity index (χ4n) is 3.86. The highest BCUT2D eigenvalue weighted by atomic mass is 35.5. The molecule has 136 valence electrons. The molecule has 6 nitrogen and oxygen atoms in total. The van der Waals surface area contributed by atoms with Crippen LogP contribution in [0.4, 0.5) is 14.9 Å². The number of hydrogen-bond donors (Lipinski definition) is 2. The predicted molar refractivity (Wildman–Crippen MR) is 94.9 cm³/mol. The number of anilines is 1. The highest BCUT2D eigenvalue weighted by molar-refractivity contribution is 5.98. The Labute approximate surface area is 152 Å². The lowest BCUT2D eigenvalue weighted by Gasteiger charge is -2.25. The van der Waals surface area contributed by atoms with Crippen molar-refractivity contribution >= 4 is 30.0 Å². The molecule has 4 rings (SSSR count). The molecule has 2 N–H and O–H groups in total. The van der Waals surface area contributed by atoms with Gasteiger partial charge in [0.25, 0.3) is 5.91 Å². The molecule has 2 unspecified atom stereocenters. The van der Waals surface area contributed by atoms with Crippen LogP contribution >= 0.6 is 12.4 Å². The molecule has 8 heteroatoms. The zero-order valence-corrected chi connectivity index (χ0v) is 14.7. The van der Waals surface area contributed by atoms with Crippen LogP contribution in [0.3, 0.4) is 0 Å². The molecule has 1 aromatic carbocycles. The molecule has 3 aliphatic heterocycles. The number of carbonyl (C=O) groups is 2. The van der Waals surface area contributed by atoms with Crippen molar-refractivity contribution in [3.63, 3.8) is 0 Å². The van der Waals surface area contributed by atoms with E-state index in [0.717, 1.165) is 19.3 Å². The van der Waals surface area contributed by atoms with Gasteiger partial charge in [0.1, 0.15) is 5.82 Å². The van der Waals surface area contributed by atoms with Gasteiger partial charge in [-0.3, -0.25) is 9.69 Å². The summed E-state index contributed by atoms with van der Waals surface area (Å²) in [5.74, 6) is -0.825. The van der Waals surface area contributed by atoms with Gasteiger partial charge < -0.3 is 15.5 Å². The Morgan fingerprint density at radius 1 is 1.16 bits per heavy atom. The van der Waals surface area contributed by atoms with Crippen molar-refractivity contribution in [1.29, 1.82) is 0 Å². The highest BCUT2D eigenvalue weighted by Crippen LogP contribution is 2.25.